The molecule has 0 bridgehead atoms. The van der Waals surface area contributed by atoms with Gasteiger partial charge in [0.2, 0.25) is 0 Å². The zero-order valence-electron chi connectivity index (χ0n) is 11.0. The molecular weight excluding hydrogens is 218 g/mol. The van der Waals surface area contributed by atoms with Gasteiger partial charge in [-0.25, -0.2) is 4.79 Å². The number of hydrogen-bond acceptors (Lipinski definition) is 3. The highest BCUT2D eigenvalue weighted by Crippen LogP contribution is 2.18. The number of carbonyl (C=O) groups excluding carboxylic acids is 2. The summed E-state index contributed by atoms with van der Waals surface area (Å²) >= 11 is 0. The minimum atomic E-state index is -0.510. The molecule has 0 fully saturated rings. The van der Waals surface area contributed by atoms with Gasteiger partial charge in [0.15, 0.2) is 0 Å². The van der Waals surface area contributed by atoms with Crippen LogP contribution in [-0.2, 0) is 9.53 Å². The maximum atomic E-state index is 12.0. The molecule has 1 amide bonds. The van der Waals surface area contributed by atoms with Crippen LogP contribution in [0, 0.1) is 5.92 Å². The first-order valence-corrected chi connectivity index (χ1v) is 5.95. The number of rotatable bonds is 1. The Balaban J connectivity index is 2.75. The predicted octanol–water partition coefficient (Wildman–Crippen LogP) is 2.39. The first-order valence-electron chi connectivity index (χ1n) is 5.95. The Labute approximate surface area is 103 Å². The van der Waals surface area contributed by atoms with Crippen LogP contribution in [0.25, 0.3) is 0 Å². The fraction of sp³-hybridized carbons (Fsp3) is 0.692. The molecule has 96 valence electrons. The fourth-order valence-corrected chi connectivity index (χ4v) is 1.71. The molecule has 0 spiro atoms. The summed E-state index contributed by atoms with van der Waals surface area (Å²) in [5.74, 6) is -0.135. The van der Waals surface area contributed by atoms with Crippen molar-refractivity contribution < 1.29 is 14.3 Å². The zero-order chi connectivity index (χ0) is 13.1. The zero-order valence-corrected chi connectivity index (χ0v) is 11.0. The molecule has 1 heterocycles. The third kappa shape index (κ3) is 4.21. The van der Waals surface area contributed by atoms with Gasteiger partial charge in [-0.15, -0.1) is 0 Å². The SMILES string of the molecule is C[C@H]1C=CCC(C=O)CN1C(=O)OC(C)(C)C. The van der Waals surface area contributed by atoms with Gasteiger partial charge in [0.05, 0.1) is 6.04 Å². The lowest BCUT2D eigenvalue weighted by atomic mass is 10.1. The van der Waals surface area contributed by atoms with Crippen LogP contribution in [-0.4, -0.2) is 35.5 Å². The Bertz CT molecular complexity index is 317. The summed E-state index contributed by atoms with van der Waals surface area (Å²) in [6.45, 7) is 7.85. The van der Waals surface area contributed by atoms with E-state index in [0.717, 1.165) is 6.29 Å². The topological polar surface area (TPSA) is 46.6 Å². The van der Waals surface area contributed by atoms with Crippen molar-refractivity contribution in [2.24, 2.45) is 5.92 Å². The first-order chi connectivity index (χ1) is 7.83. The van der Waals surface area contributed by atoms with Gasteiger partial charge in [-0.2, -0.15) is 0 Å². The van der Waals surface area contributed by atoms with Crippen molar-refractivity contribution >= 4 is 12.4 Å². The molecule has 17 heavy (non-hydrogen) atoms. The van der Waals surface area contributed by atoms with Crippen molar-refractivity contribution in [3.05, 3.63) is 12.2 Å². The molecular formula is C13H21NO3. The number of hydrogen-bond donors (Lipinski definition) is 0. The highest BCUT2D eigenvalue weighted by atomic mass is 16.6. The molecule has 1 aliphatic rings. The van der Waals surface area contributed by atoms with Crippen molar-refractivity contribution in [1.29, 1.82) is 0 Å². The number of nitrogens with zero attached hydrogens (tertiary/aromatic N) is 1. The summed E-state index contributed by atoms with van der Waals surface area (Å²) in [5, 5.41) is 0. The average Bonchev–Trinajstić information content (AvgIpc) is 2.37. The maximum Gasteiger partial charge on any atom is 0.410 e. The average molecular weight is 239 g/mol. The van der Waals surface area contributed by atoms with E-state index in [-0.39, 0.29) is 18.1 Å². The molecule has 0 saturated carbocycles. The Morgan fingerprint density at radius 2 is 2.12 bits per heavy atom. The Hall–Kier alpha value is -1.32. The molecule has 0 aromatic rings. The van der Waals surface area contributed by atoms with E-state index < -0.39 is 5.60 Å². The van der Waals surface area contributed by atoms with Gasteiger partial charge in [-0.05, 0) is 34.1 Å². The second-order valence-electron chi connectivity index (χ2n) is 5.43. The van der Waals surface area contributed by atoms with Crippen LogP contribution in [0.1, 0.15) is 34.1 Å². The standard InChI is InChI=1S/C13H21NO3/c1-10-6-5-7-11(9-15)8-14(10)12(16)17-13(2,3)4/h5-6,9-11H,7-8H2,1-4H3/t10-,11?/m0/s1. The quantitative estimate of drug-likeness (QED) is 0.521. The Morgan fingerprint density at radius 3 is 2.65 bits per heavy atom. The Kier molecular flexibility index (Phi) is 4.32. The highest BCUT2D eigenvalue weighted by Gasteiger charge is 2.28. The Morgan fingerprint density at radius 1 is 1.47 bits per heavy atom. The van der Waals surface area contributed by atoms with Crippen molar-refractivity contribution in [3.63, 3.8) is 0 Å². The minimum Gasteiger partial charge on any atom is -0.444 e. The van der Waals surface area contributed by atoms with E-state index in [1.165, 1.54) is 0 Å². The molecule has 0 aliphatic carbocycles. The lowest BCUT2D eigenvalue weighted by Crippen LogP contribution is -2.43. The second kappa shape index (κ2) is 5.34. The molecule has 0 aromatic carbocycles. The van der Waals surface area contributed by atoms with Gasteiger partial charge in [-0.3, -0.25) is 0 Å². The summed E-state index contributed by atoms with van der Waals surface area (Å²) in [5.41, 5.74) is -0.510. The van der Waals surface area contributed by atoms with Gasteiger partial charge < -0.3 is 14.4 Å². The van der Waals surface area contributed by atoms with E-state index in [4.69, 9.17) is 4.74 Å². The maximum absolute atomic E-state index is 12.0. The van der Waals surface area contributed by atoms with Gasteiger partial charge in [-0.1, -0.05) is 12.2 Å². The van der Waals surface area contributed by atoms with Crippen molar-refractivity contribution in [2.45, 2.75) is 45.8 Å². The van der Waals surface area contributed by atoms with E-state index in [1.54, 1.807) is 4.90 Å². The molecule has 0 N–H and O–H groups in total. The van der Waals surface area contributed by atoms with Crippen LogP contribution in [0.15, 0.2) is 12.2 Å². The number of carbonyl (C=O) groups is 2. The summed E-state index contributed by atoms with van der Waals surface area (Å²) in [7, 11) is 0. The van der Waals surface area contributed by atoms with Crippen LogP contribution in [0.2, 0.25) is 0 Å². The van der Waals surface area contributed by atoms with Crippen LogP contribution in [0.3, 0.4) is 0 Å². The molecule has 0 aromatic heterocycles. The number of amides is 1. The van der Waals surface area contributed by atoms with Crippen LogP contribution in [0.5, 0.6) is 0 Å². The predicted molar refractivity (Wildman–Crippen MR) is 65.7 cm³/mol. The van der Waals surface area contributed by atoms with E-state index in [9.17, 15) is 9.59 Å². The smallest absolute Gasteiger partial charge is 0.410 e. The van der Waals surface area contributed by atoms with E-state index in [0.29, 0.717) is 13.0 Å². The van der Waals surface area contributed by atoms with Gasteiger partial charge in [0, 0.05) is 12.5 Å². The number of aldehydes is 1. The molecule has 0 radical (unpaired) electrons. The molecule has 2 atom stereocenters. The summed E-state index contributed by atoms with van der Waals surface area (Å²) < 4.78 is 5.33. The lowest BCUT2D eigenvalue weighted by Gasteiger charge is -2.30. The number of ether oxygens (including phenoxy) is 1. The van der Waals surface area contributed by atoms with Crippen LogP contribution >= 0.6 is 0 Å². The fourth-order valence-electron chi connectivity index (χ4n) is 1.71. The van der Waals surface area contributed by atoms with E-state index in [2.05, 4.69) is 0 Å². The number of allylic oxidation sites excluding steroid dienone is 1. The van der Waals surface area contributed by atoms with Crippen molar-refractivity contribution in [1.82, 2.24) is 4.90 Å². The second-order valence-corrected chi connectivity index (χ2v) is 5.43. The molecule has 0 saturated heterocycles. The van der Waals surface area contributed by atoms with Crippen LogP contribution < -0.4 is 0 Å². The van der Waals surface area contributed by atoms with Gasteiger partial charge >= 0.3 is 6.09 Å². The van der Waals surface area contributed by atoms with E-state index >= 15 is 0 Å². The van der Waals surface area contributed by atoms with Crippen molar-refractivity contribution in [2.75, 3.05) is 6.54 Å². The van der Waals surface area contributed by atoms with Crippen LogP contribution in [0.4, 0.5) is 4.79 Å². The lowest BCUT2D eigenvalue weighted by molar-refractivity contribution is -0.111. The third-order valence-electron chi connectivity index (χ3n) is 2.60. The minimum absolute atomic E-state index is 0.0326. The first kappa shape index (κ1) is 13.7. The molecule has 1 aliphatic heterocycles. The molecule has 4 nitrogen and oxygen atoms in total. The summed E-state index contributed by atoms with van der Waals surface area (Å²) in [6, 6.07) is -0.0326. The molecule has 4 heteroatoms. The van der Waals surface area contributed by atoms with Gasteiger partial charge in [0.1, 0.15) is 11.9 Å². The highest BCUT2D eigenvalue weighted by molar-refractivity contribution is 5.70. The normalized spacial score (nSPS) is 25.3. The molecule has 1 unspecified atom stereocenters. The van der Waals surface area contributed by atoms with Crippen molar-refractivity contribution in [3.8, 4) is 0 Å². The summed E-state index contributed by atoms with van der Waals surface area (Å²) in [6.07, 6.45) is 5.12. The summed E-state index contributed by atoms with van der Waals surface area (Å²) in [4.78, 5) is 24.5. The monoisotopic (exact) mass is 239 g/mol. The third-order valence-corrected chi connectivity index (χ3v) is 2.60. The largest absolute Gasteiger partial charge is 0.444 e. The van der Waals surface area contributed by atoms with E-state index in [1.807, 2.05) is 39.8 Å². The molecule has 1 rings (SSSR count). The van der Waals surface area contributed by atoms with Gasteiger partial charge in [0.25, 0.3) is 0 Å².